The van der Waals surface area contributed by atoms with Crippen LogP contribution in [-0.2, 0) is 17.6 Å². The second-order valence-corrected chi connectivity index (χ2v) is 10.8. The SMILES string of the molecule is CC(Cc1ccccc1)CC(C)(C)COCC(C)(C)CC(C)Cc1ccccc1. The number of hydrogen-bond acceptors (Lipinski definition) is 1. The van der Waals surface area contributed by atoms with E-state index in [1.165, 1.54) is 24.0 Å². The zero-order valence-corrected chi connectivity index (χ0v) is 19.6. The summed E-state index contributed by atoms with van der Waals surface area (Å²) in [5, 5.41) is 0. The lowest BCUT2D eigenvalue weighted by Crippen LogP contribution is -2.28. The van der Waals surface area contributed by atoms with Crippen LogP contribution in [0.2, 0.25) is 0 Å². The Kier molecular flexibility index (Phi) is 8.96. The molecule has 2 aromatic rings. The highest BCUT2D eigenvalue weighted by Crippen LogP contribution is 2.31. The summed E-state index contributed by atoms with van der Waals surface area (Å²) >= 11 is 0. The Labute approximate surface area is 179 Å². The Hall–Kier alpha value is -1.60. The van der Waals surface area contributed by atoms with Crippen molar-refractivity contribution < 1.29 is 4.74 Å². The van der Waals surface area contributed by atoms with E-state index in [0.29, 0.717) is 11.8 Å². The molecule has 160 valence electrons. The fraction of sp³-hybridized carbons (Fsp3) is 0.571. The molecule has 1 heteroatoms. The molecule has 0 N–H and O–H groups in total. The first kappa shape index (κ1) is 23.7. The minimum absolute atomic E-state index is 0.208. The largest absolute Gasteiger partial charge is 0.380 e. The maximum Gasteiger partial charge on any atom is 0.0517 e. The van der Waals surface area contributed by atoms with Crippen LogP contribution < -0.4 is 0 Å². The van der Waals surface area contributed by atoms with Gasteiger partial charge in [-0.2, -0.15) is 0 Å². The van der Waals surface area contributed by atoms with Crippen molar-refractivity contribution in [2.24, 2.45) is 22.7 Å². The molecule has 0 aliphatic carbocycles. The monoisotopic (exact) mass is 394 g/mol. The highest BCUT2D eigenvalue weighted by molar-refractivity contribution is 5.16. The zero-order chi connectivity index (χ0) is 21.3. The summed E-state index contributed by atoms with van der Waals surface area (Å²) in [5.41, 5.74) is 3.29. The Balaban J connectivity index is 1.73. The van der Waals surface area contributed by atoms with Crippen LogP contribution in [0, 0.1) is 22.7 Å². The third-order valence-corrected chi connectivity index (χ3v) is 5.64. The fourth-order valence-electron chi connectivity index (χ4n) is 4.79. The smallest absolute Gasteiger partial charge is 0.0517 e. The predicted molar refractivity (Wildman–Crippen MR) is 126 cm³/mol. The van der Waals surface area contributed by atoms with Gasteiger partial charge in [0.2, 0.25) is 0 Å². The van der Waals surface area contributed by atoms with Gasteiger partial charge >= 0.3 is 0 Å². The van der Waals surface area contributed by atoms with E-state index in [4.69, 9.17) is 4.74 Å². The third-order valence-electron chi connectivity index (χ3n) is 5.64. The molecule has 0 amide bonds. The van der Waals surface area contributed by atoms with Crippen molar-refractivity contribution in [2.75, 3.05) is 13.2 Å². The normalized spacial score (nSPS) is 14.6. The molecule has 0 spiro atoms. The minimum Gasteiger partial charge on any atom is -0.380 e. The summed E-state index contributed by atoms with van der Waals surface area (Å²) in [7, 11) is 0. The van der Waals surface area contributed by atoms with Crippen LogP contribution in [0.4, 0.5) is 0 Å². The van der Waals surface area contributed by atoms with Gasteiger partial charge in [0, 0.05) is 0 Å². The molecule has 0 bridgehead atoms. The van der Waals surface area contributed by atoms with Gasteiger partial charge in [0.25, 0.3) is 0 Å². The predicted octanol–water partition coefficient (Wildman–Crippen LogP) is 7.59. The zero-order valence-electron chi connectivity index (χ0n) is 19.6. The molecule has 0 aliphatic rings. The van der Waals surface area contributed by atoms with E-state index in [0.717, 1.165) is 26.1 Å². The molecule has 0 aliphatic heterocycles. The molecule has 0 heterocycles. The van der Waals surface area contributed by atoms with E-state index in [1.807, 2.05) is 0 Å². The van der Waals surface area contributed by atoms with Crippen molar-refractivity contribution in [2.45, 2.75) is 67.2 Å². The number of rotatable bonds is 12. The van der Waals surface area contributed by atoms with E-state index in [1.54, 1.807) is 0 Å². The molecule has 2 aromatic carbocycles. The second-order valence-electron chi connectivity index (χ2n) is 10.8. The average molecular weight is 395 g/mol. The standard InChI is InChI=1S/C28H42O/c1-23(17-25-13-9-7-10-14-25)19-27(3,4)21-29-22-28(5,6)20-24(2)18-26-15-11-8-12-16-26/h7-16,23-24H,17-22H2,1-6H3. The summed E-state index contributed by atoms with van der Waals surface area (Å²) in [6, 6.07) is 21.7. The molecule has 0 saturated heterocycles. The van der Waals surface area contributed by atoms with Crippen LogP contribution in [-0.4, -0.2) is 13.2 Å². The van der Waals surface area contributed by atoms with Crippen LogP contribution in [0.1, 0.15) is 65.5 Å². The van der Waals surface area contributed by atoms with Crippen LogP contribution in [0.3, 0.4) is 0 Å². The molecule has 2 rings (SSSR count). The highest BCUT2D eigenvalue weighted by Gasteiger charge is 2.25. The van der Waals surface area contributed by atoms with Gasteiger partial charge in [-0.1, -0.05) is 102 Å². The lowest BCUT2D eigenvalue weighted by molar-refractivity contribution is 0.000804. The van der Waals surface area contributed by atoms with Crippen molar-refractivity contribution >= 4 is 0 Å². The molecular weight excluding hydrogens is 352 g/mol. The first-order valence-corrected chi connectivity index (χ1v) is 11.3. The average Bonchev–Trinajstić information content (AvgIpc) is 2.61. The summed E-state index contributed by atoms with van der Waals surface area (Å²) < 4.78 is 6.27. The Morgan fingerprint density at radius 1 is 0.621 bits per heavy atom. The maximum absolute atomic E-state index is 6.27. The lowest BCUT2D eigenvalue weighted by atomic mass is 9.81. The molecule has 29 heavy (non-hydrogen) atoms. The summed E-state index contributed by atoms with van der Waals surface area (Å²) in [6.07, 6.45) is 4.67. The second kappa shape index (κ2) is 11.0. The van der Waals surface area contributed by atoms with E-state index in [9.17, 15) is 0 Å². The van der Waals surface area contributed by atoms with Crippen molar-refractivity contribution in [3.05, 3.63) is 71.8 Å². The number of ether oxygens (including phenoxy) is 1. The van der Waals surface area contributed by atoms with E-state index in [2.05, 4.69) is 102 Å². The van der Waals surface area contributed by atoms with Gasteiger partial charge in [-0.25, -0.2) is 0 Å². The van der Waals surface area contributed by atoms with E-state index < -0.39 is 0 Å². The van der Waals surface area contributed by atoms with Gasteiger partial charge < -0.3 is 4.74 Å². The van der Waals surface area contributed by atoms with Gasteiger partial charge in [0.05, 0.1) is 13.2 Å². The van der Waals surface area contributed by atoms with Crippen molar-refractivity contribution in [3.8, 4) is 0 Å². The summed E-state index contributed by atoms with van der Waals surface area (Å²) in [5.74, 6) is 1.32. The Morgan fingerprint density at radius 3 is 1.31 bits per heavy atom. The van der Waals surface area contributed by atoms with Gasteiger partial charge in [0.15, 0.2) is 0 Å². The first-order valence-electron chi connectivity index (χ1n) is 11.3. The minimum atomic E-state index is 0.208. The summed E-state index contributed by atoms with van der Waals surface area (Å²) in [4.78, 5) is 0. The molecular formula is C28H42O. The van der Waals surface area contributed by atoms with E-state index >= 15 is 0 Å². The van der Waals surface area contributed by atoms with Crippen LogP contribution in [0.25, 0.3) is 0 Å². The molecule has 0 radical (unpaired) electrons. The highest BCUT2D eigenvalue weighted by atomic mass is 16.5. The van der Waals surface area contributed by atoms with Crippen LogP contribution in [0.15, 0.2) is 60.7 Å². The molecule has 0 saturated carbocycles. The maximum atomic E-state index is 6.27. The van der Waals surface area contributed by atoms with Gasteiger partial charge in [-0.15, -0.1) is 0 Å². The van der Waals surface area contributed by atoms with Crippen molar-refractivity contribution in [1.82, 2.24) is 0 Å². The van der Waals surface area contributed by atoms with Gasteiger partial charge in [-0.05, 0) is 59.5 Å². The number of benzene rings is 2. The van der Waals surface area contributed by atoms with Crippen molar-refractivity contribution in [1.29, 1.82) is 0 Å². The molecule has 2 atom stereocenters. The molecule has 1 nitrogen and oxygen atoms in total. The fourth-order valence-corrected chi connectivity index (χ4v) is 4.79. The Morgan fingerprint density at radius 2 is 0.966 bits per heavy atom. The van der Waals surface area contributed by atoms with Gasteiger partial charge in [-0.3, -0.25) is 0 Å². The molecule has 0 aromatic heterocycles. The van der Waals surface area contributed by atoms with E-state index in [-0.39, 0.29) is 10.8 Å². The quantitative estimate of drug-likeness (QED) is 0.360. The third kappa shape index (κ3) is 9.63. The summed E-state index contributed by atoms with van der Waals surface area (Å²) in [6.45, 7) is 15.8. The Bertz CT molecular complexity index is 625. The van der Waals surface area contributed by atoms with Crippen molar-refractivity contribution in [3.63, 3.8) is 0 Å². The number of hydrogen-bond donors (Lipinski definition) is 0. The first-order chi connectivity index (χ1) is 13.7. The lowest BCUT2D eigenvalue weighted by Gasteiger charge is -2.32. The molecule has 0 fully saturated rings. The van der Waals surface area contributed by atoms with Crippen LogP contribution in [0.5, 0.6) is 0 Å². The topological polar surface area (TPSA) is 9.23 Å². The van der Waals surface area contributed by atoms with Crippen LogP contribution >= 0.6 is 0 Å². The molecule has 2 unspecified atom stereocenters. The van der Waals surface area contributed by atoms with Gasteiger partial charge in [0.1, 0.15) is 0 Å².